The second kappa shape index (κ2) is 6.57. The van der Waals surface area contributed by atoms with Gasteiger partial charge in [0.1, 0.15) is 5.75 Å². The van der Waals surface area contributed by atoms with E-state index < -0.39 is 0 Å². The average Bonchev–Trinajstić information content (AvgIpc) is 3.16. The van der Waals surface area contributed by atoms with Crippen molar-refractivity contribution in [2.75, 3.05) is 26.7 Å². The molecule has 1 aliphatic rings. The van der Waals surface area contributed by atoms with Crippen LogP contribution in [-0.2, 0) is 0 Å². The molecule has 2 heterocycles. The first-order valence-electron chi connectivity index (χ1n) is 8.36. The lowest BCUT2D eigenvalue weighted by Gasteiger charge is -2.37. The van der Waals surface area contributed by atoms with E-state index in [-0.39, 0.29) is 11.9 Å². The van der Waals surface area contributed by atoms with E-state index in [9.17, 15) is 4.79 Å². The van der Waals surface area contributed by atoms with Crippen LogP contribution in [0.3, 0.4) is 0 Å². The smallest absolute Gasteiger partial charge is 0.256 e. The molecular formula is C19H20N4O2. The zero-order valence-corrected chi connectivity index (χ0v) is 14.0. The average molecular weight is 336 g/mol. The molecule has 25 heavy (non-hydrogen) atoms. The molecule has 1 unspecified atom stereocenters. The Balaban J connectivity index is 1.74. The maximum absolute atomic E-state index is 13.3. The molecule has 0 aliphatic carbocycles. The fraction of sp³-hybridized carbons (Fsp3) is 0.263. The van der Waals surface area contributed by atoms with Crippen LogP contribution in [0.2, 0.25) is 0 Å². The van der Waals surface area contributed by atoms with Crippen molar-refractivity contribution in [2.24, 2.45) is 0 Å². The lowest BCUT2D eigenvalue weighted by Crippen LogP contribution is -2.48. The summed E-state index contributed by atoms with van der Waals surface area (Å²) in [5.41, 5.74) is 2.45. The van der Waals surface area contributed by atoms with Gasteiger partial charge in [0.15, 0.2) is 0 Å². The van der Waals surface area contributed by atoms with E-state index in [4.69, 9.17) is 4.74 Å². The van der Waals surface area contributed by atoms with Crippen molar-refractivity contribution in [3.8, 4) is 5.75 Å². The van der Waals surface area contributed by atoms with E-state index in [0.29, 0.717) is 18.7 Å². The summed E-state index contributed by atoms with van der Waals surface area (Å²) in [6.45, 7) is 2.12. The summed E-state index contributed by atoms with van der Waals surface area (Å²) in [4.78, 5) is 15.2. The van der Waals surface area contributed by atoms with Crippen LogP contribution in [0.5, 0.6) is 5.75 Å². The first kappa shape index (κ1) is 15.7. The number of aromatic amines is 1. The minimum Gasteiger partial charge on any atom is -0.496 e. The molecule has 0 spiro atoms. The lowest BCUT2D eigenvalue weighted by molar-refractivity contribution is 0.0633. The van der Waals surface area contributed by atoms with Gasteiger partial charge in [-0.2, -0.15) is 5.10 Å². The van der Waals surface area contributed by atoms with Crippen LogP contribution in [0.1, 0.15) is 22.0 Å². The third-order valence-corrected chi connectivity index (χ3v) is 4.71. The Bertz CT molecular complexity index is 905. The largest absolute Gasteiger partial charge is 0.496 e. The molecule has 1 aliphatic heterocycles. The van der Waals surface area contributed by atoms with Gasteiger partial charge in [-0.15, -0.1) is 0 Å². The molecule has 0 radical (unpaired) electrons. The Labute approximate surface area is 145 Å². The summed E-state index contributed by atoms with van der Waals surface area (Å²) in [7, 11) is 1.66. The van der Waals surface area contributed by atoms with Gasteiger partial charge in [-0.25, -0.2) is 0 Å². The Morgan fingerprint density at radius 1 is 1.24 bits per heavy atom. The summed E-state index contributed by atoms with van der Waals surface area (Å²) >= 11 is 0. The number of carbonyl (C=O) groups excluding carboxylic acids is 1. The minimum absolute atomic E-state index is 0.00672. The number of fused-ring (bicyclic) bond motifs is 1. The van der Waals surface area contributed by atoms with Gasteiger partial charge in [-0.3, -0.25) is 9.89 Å². The zero-order chi connectivity index (χ0) is 17.2. The highest BCUT2D eigenvalue weighted by Crippen LogP contribution is 2.31. The summed E-state index contributed by atoms with van der Waals surface area (Å²) < 4.78 is 5.51. The Kier molecular flexibility index (Phi) is 4.11. The van der Waals surface area contributed by atoms with Gasteiger partial charge < -0.3 is 15.0 Å². The highest BCUT2D eigenvalue weighted by Gasteiger charge is 2.31. The van der Waals surface area contributed by atoms with Gasteiger partial charge in [0.25, 0.3) is 5.91 Å². The first-order chi connectivity index (χ1) is 12.3. The van der Waals surface area contributed by atoms with Crippen LogP contribution in [0, 0.1) is 0 Å². The third-order valence-electron chi connectivity index (χ3n) is 4.71. The molecule has 1 aromatic heterocycles. The van der Waals surface area contributed by atoms with E-state index >= 15 is 0 Å². The van der Waals surface area contributed by atoms with Crippen LogP contribution in [0.4, 0.5) is 0 Å². The van der Waals surface area contributed by atoms with Gasteiger partial charge in [-0.1, -0.05) is 30.3 Å². The van der Waals surface area contributed by atoms with Crippen LogP contribution in [-0.4, -0.2) is 47.7 Å². The summed E-state index contributed by atoms with van der Waals surface area (Å²) in [5, 5.41) is 11.3. The van der Waals surface area contributed by atoms with E-state index in [0.717, 1.165) is 28.8 Å². The monoisotopic (exact) mass is 336 g/mol. The van der Waals surface area contributed by atoms with Crippen molar-refractivity contribution < 1.29 is 9.53 Å². The van der Waals surface area contributed by atoms with Crippen LogP contribution >= 0.6 is 0 Å². The van der Waals surface area contributed by atoms with Crippen molar-refractivity contribution in [1.29, 1.82) is 0 Å². The molecule has 6 heteroatoms. The van der Waals surface area contributed by atoms with Crippen molar-refractivity contribution in [3.05, 3.63) is 59.8 Å². The predicted octanol–water partition coefficient (Wildman–Crippen LogP) is 2.36. The van der Waals surface area contributed by atoms with E-state index in [1.165, 1.54) is 0 Å². The fourth-order valence-electron chi connectivity index (χ4n) is 3.47. The minimum atomic E-state index is -0.0735. The molecule has 3 aromatic rings. The number of benzene rings is 2. The number of rotatable bonds is 3. The molecule has 0 bridgehead atoms. The number of carbonyl (C=O) groups is 1. The first-order valence-corrected chi connectivity index (χ1v) is 8.36. The number of amides is 1. The van der Waals surface area contributed by atoms with Crippen LogP contribution in [0.25, 0.3) is 10.9 Å². The number of hydrogen-bond donors (Lipinski definition) is 2. The number of aromatic nitrogens is 2. The number of piperazine rings is 1. The molecule has 4 rings (SSSR count). The topological polar surface area (TPSA) is 70.2 Å². The Morgan fingerprint density at radius 3 is 3.00 bits per heavy atom. The number of methoxy groups -OCH3 is 1. The van der Waals surface area contributed by atoms with E-state index in [2.05, 4.69) is 15.5 Å². The molecule has 1 amide bonds. The number of H-pyrrole nitrogens is 1. The molecule has 2 aromatic carbocycles. The van der Waals surface area contributed by atoms with Gasteiger partial charge in [0.05, 0.1) is 30.4 Å². The predicted molar refractivity (Wildman–Crippen MR) is 95.7 cm³/mol. The maximum atomic E-state index is 13.3. The number of ether oxygens (including phenoxy) is 1. The van der Waals surface area contributed by atoms with Crippen molar-refractivity contribution in [3.63, 3.8) is 0 Å². The second-order valence-corrected chi connectivity index (χ2v) is 6.10. The molecular weight excluding hydrogens is 316 g/mol. The number of hydrogen-bond acceptors (Lipinski definition) is 4. The second-order valence-electron chi connectivity index (χ2n) is 6.10. The molecule has 1 fully saturated rings. The number of nitrogens with zero attached hydrogens (tertiary/aromatic N) is 2. The fourth-order valence-corrected chi connectivity index (χ4v) is 3.47. The van der Waals surface area contributed by atoms with Gasteiger partial charge in [0.2, 0.25) is 0 Å². The Morgan fingerprint density at radius 2 is 2.12 bits per heavy atom. The number of nitrogens with one attached hydrogen (secondary N) is 2. The third kappa shape index (κ3) is 2.74. The zero-order valence-electron chi connectivity index (χ0n) is 14.0. The van der Waals surface area contributed by atoms with Crippen molar-refractivity contribution >= 4 is 16.8 Å². The lowest BCUT2D eigenvalue weighted by atomic mass is 10.0. The standard InChI is InChI=1S/C19H20N4O2/c1-25-17-8-3-2-6-14(17)16-12-20-9-10-23(16)19(24)15-7-4-5-13-11-21-22-18(13)15/h2-8,11,16,20H,9-10,12H2,1H3,(H,21,22). The van der Waals surface area contributed by atoms with Crippen molar-refractivity contribution in [2.45, 2.75) is 6.04 Å². The highest BCUT2D eigenvalue weighted by atomic mass is 16.5. The van der Waals surface area contributed by atoms with Crippen LogP contribution < -0.4 is 10.1 Å². The quantitative estimate of drug-likeness (QED) is 0.770. The van der Waals surface area contributed by atoms with Crippen LogP contribution in [0.15, 0.2) is 48.7 Å². The number of para-hydroxylation sites is 2. The Hall–Kier alpha value is -2.86. The molecule has 1 saturated heterocycles. The summed E-state index contributed by atoms with van der Waals surface area (Å²) in [5.74, 6) is 0.806. The molecule has 0 saturated carbocycles. The van der Waals surface area contributed by atoms with Gasteiger partial charge in [-0.05, 0) is 12.1 Å². The molecule has 2 N–H and O–H groups in total. The van der Waals surface area contributed by atoms with Gasteiger partial charge in [0, 0.05) is 30.6 Å². The highest BCUT2D eigenvalue weighted by molar-refractivity contribution is 6.05. The van der Waals surface area contributed by atoms with E-state index in [1.54, 1.807) is 13.3 Å². The molecule has 6 nitrogen and oxygen atoms in total. The van der Waals surface area contributed by atoms with E-state index in [1.807, 2.05) is 47.4 Å². The molecule has 128 valence electrons. The normalized spacial score (nSPS) is 17.6. The van der Waals surface area contributed by atoms with Crippen molar-refractivity contribution in [1.82, 2.24) is 20.4 Å². The SMILES string of the molecule is COc1ccccc1C1CNCCN1C(=O)c1cccc2cn[nH]c12. The maximum Gasteiger partial charge on any atom is 0.256 e. The summed E-state index contributed by atoms with van der Waals surface area (Å²) in [6, 6.07) is 13.5. The summed E-state index contributed by atoms with van der Waals surface area (Å²) in [6.07, 6.45) is 1.74. The molecule has 1 atom stereocenters. The van der Waals surface area contributed by atoms with Gasteiger partial charge >= 0.3 is 0 Å².